The number of hydrogen-bond donors (Lipinski definition) is 2. The molecule has 2 N–H and O–H groups in total. The number of nitrogens with zero attached hydrogens (tertiary/aromatic N) is 1. The molecule has 0 aliphatic heterocycles. The van der Waals surface area contributed by atoms with Gasteiger partial charge in [0.15, 0.2) is 0 Å². The van der Waals surface area contributed by atoms with Gasteiger partial charge in [-0.15, -0.1) is 0 Å². The van der Waals surface area contributed by atoms with E-state index in [1.807, 2.05) is 6.92 Å². The molecule has 0 heterocycles. The lowest BCUT2D eigenvalue weighted by atomic mass is 9.43. The molecule has 11 atom stereocenters. The SMILES string of the molecule is C/C=C(\C)C(=O)N[C@@H]1[C@H](OC(C)=O)[C@@H]2CC[C@@H]3[C@H]4CC[C@H]([C@H](C)N(C)C)[C@@]4(C)CC[C@@H]3[C@@]2(C)C[C@H]1O. The fourth-order valence-corrected chi connectivity index (χ4v) is 9.49. The van der Waals surface area contributed by atoms with Gasteiger partial charge in [0.2, 0.25) is 5.91 Å². The summed E-state index contributed by atoms with van der Waals surface area (Å²) in [6.45, 7) is 12.3. The maximum absolute atomic E-state index is 12.7. The third-order valence-electron chi connectivity index (χ3n) is 11.6. The highest BCUT2D eigenvalue weighted by Gasteiger charge is 2.64. The Morgan fingerprint density at radius 3 is 2.28 bits per heavy atom. The minimum atomic E-state index is -0.735. The molecule has 0 aromatic carbocycles. The zero-order chi connectivity index (χ0) is 26.6. The van der Waals surface area contributed by atoms with Crippen molar-refractivity contribution in [2.24, 2.45) is 40.4 Å². The average Bonchev–Trinajstić information content (AvgIpc) is 3.16. The van der Waals surface area contributed by atoms with Crippen LogP contribution in [0.4, 0.5) is 0 Å². The highest BCUT2D eigenvalue weighted by Crippen LogP contribution is 2.68. The summed E-state index contributed by atoms with van der Waals surface area (Å²) < 4.78 is 5.95. The van der Waals surface area contributed by atoms with Crippen molar-refractivity contribution in [3.8, 4) is 0 Å². The molecule has 0 spiro atoms. The highest BCUT2D eigenvalue weighted by molar-refractivity contribution is 5.93. The summed E-state index contributed by atoms with van der Waals surface area (Å²) in [5, 5.41) is 14.5. The first-order valence-electron chi connectivity index (χ1n) is 14.3. The average molecular weight is 503 g/mol. The quantitative estimate of drug-likeness (QED) is 0.426. The van der Waals surface area contributed by atoms with Gasteiger partial charge >= 0.3 is 5.97 Å². The van der Waals surface area contributed by atoms with Crippen LogP contribution in [0.5, 0.6) is 0 Å². The van der Waals surface area contributed by atoms with Crippen molar-refractivity contribution in [2.75, 3.05) is 14.1 Å². The third-order valence-corrected chi connectivity index (χ3v) is 11.6. The summed E-state index contributed by atoms with van der Waals surface area (Å²) >= 11 is 0. The lowest BCUT2D eigenvalue weighted by Crippen LogP contribution is -2.66. The molecule has 1 amide bonds. The Morgan fingerprint density at radius 1 is 1.03 bits per heavy atom. The van der Waals surface area contributed by atoms with Crippen molar-refractivity contribution >= 4 is 11.9 Å². The number of amides is 1. The van der Waals surface area contributed by atoms with Crippen LogP contribution in [0.25, 0.3) is 0 Å². The molecule has 0 aromatic heterocycles. The van der Waals surface area contributed by atoms with Gasteiger partial charge in [-0.2, -0.15) is 0 Å². The first-order chi connectivity index (χ1) is 16.8. The number of carbonyl (C=O) groups is 2. The highest BCUT2D eigenvalue weighted by atomic mass is 16.5. The second-order valence-electron chi connectivity index (χ2n) is 13.3. The Morgan fingerprint density at radius 2 is 1.67 bits per heavy atom. The van der Waals surface area contributed by atoms with Crippen LogP contribution >= 0.6 is 0 Å². The van der Waals surface area contributed by atoms with E-state index in [0.29, 0.717) is 35.3 Å². The van der Waals surface area contributed by atoms with Crippen LogP contribution in [0.3, 0.4) is 0 Å². The van der Waals surface area contributed by atoms with Crippen molar-refractivity contribution in [1.29, 1.82) is 0 Å². The zero-order valence-corrected chi connectivity index (χ0v) is 23.8. The molecule has 0 unspecified atom stereocenters. The van der Waals surface area contributed by atoms with Crippen molar-refractivity contribution in [3.63, 3.8) is 0 Å². The van der Waals surface area contributed by atoms with Gasteiger partial charge in [-0.25, -0.2) is 0 Å². The summed E-state index contributed by atoms with van der Waals surface area (Å²) in [7, 11) is 4.43. The molecular weight excluding hydrogens is 452 g/mol. The van der Waals surface area contributed by atoms with Gasteiger partial charge in [-0.3, -0.25) is 9.59 Å². The largest absolute Gasteiger partial charge is 0.460 e. The van der Waals surface area contributed by atoms with Crippen LogP contribution < -0.4 is 5.32 Å². The number of hydrogen-bond acceptors (Lipinski definition) is 5. The maximum atomic E-state index is 12.7. The topological polar surface area (TPSA) is 78.9 Å². The summed E-state index contributed by atoms with van der Waals surface area (Å²) in [4.78, 5) is 27.4. The van der Waals surface area contributed by atoms with Crippen molar-refractivity contribution in [3.05, 3.63) is 11.6 Å². The summed E-state index contributed by atoms with van der Waals surface area (Å²) in [6.07, 6.45) is 8.34. The predicted octanol–water partition coefficient (Wildman–Crippen LogP) is 4.56. The fraction of sp³-hybridized carbons (Fsp3) is 0.867. The number of aliphatic hydroxyl groups is 1. The van der Waals surface area contributed by atoms with E-state index in [1.165, 1.54) is 32.6 Å². The Labute approximate surface area is 218 Å². The van der Waals surface area contributed by atoms with Gasteiger partial charge < -0.3 is 20.1 Å². The molecule has 0 saturated heterocycles. The number of rotatable bonds is 5. The summed E-state index contributed by atoms with van der Waals surface area (Å²) in [5.41, 5.74) is 0.874. The predicted molar refractivity (Wildman–Crippen MR) is 142 cm³/mol. The van der Waals surface area contributed by atoms with E-state index >= 15 is 0 Å². The zero-order valence-electron chi connectivity index (χ0n) is 23.8. The normalized spacial score (nSPS) is 45.3. The van der Waals surface area contributed by atoms with E-state index in [0.717, 1.165) is 24.7 Å². The number of esters is 1. The molecule has 4 rings (SSSR count). The third kappa shape index (κ3) is 4.44. The van der Waals surface area contributed by atoms with Gasteiger partial charge in [0.1, 0.15) is 6.10 Å². The Balaban J connectivity index is 1.61. The smallest absolute Gasteiger partial charge is 0.302 e. The van der Waals surface area contributed by atoms with E-state index in [1.54, 1.807) is 13.0 Å². The van der Waals surface area contributed by atoms with E-state index in [-0.39, 0.29) is 23.2 Å². The molecule has 4 saturated carbocycles. The lowest BCUT2D eigenvalue weighted by molar-refractivity contribution is -0.197. The number of aliphatic hydroxyl groups excluding tert-OH is 1. The van der Waals surface area contributed by atoms with E-state index in [2.05, 4.69) is 45.1 Å². The second-order valence-corrected chi connectivity index (χ2v) is 13.3. The minimum absolute atomic E-state index is 0.105. The number of nitrogens with one attached hydrogen (secondary N) is 1. The Hall–Kier alpha value is -1.40. The second kappa shape index (κ2) is 10.1. The van der Waals surface area contributed by atoms with Gasteiger partial charge in [-0.05, 0) is 114 Å². The molecule has 4 aliphatic carbocycles. The van der Waals surface area contributed by atoms with Crippen LogP contribution in [0.2, 0.25) is 0 Å². The van der Waals surface area contributed by atoms with Crippen molar-refractivity contribution in [1.82, 2.24) is 10.2 Å². The monoisotopic (exact) mass is 502 g/mol. The van der Waals surface area contributed by atoms with Gasteiger partial charge in [0, 0.05) is 24.5 Å². The van der Waals surface area contributed by atoms with E-state index in [4.69, 9.17) is 4.74 Å². The molecule has 36 heavy (non-hydrogen) atoms. The van der Waals surface area contributed by atoms with Crippen LogP contribution in [-0.4, -0.2) is 60.3 Å². The van der Waals surface area contributed by atoms with Gasteiger partial charge in [-0.1, -0.05) is 19.9 Å². The summed E-state index contributed by atoms with van der Waals surface area (Å²) in [6, 6.07) is 0.00917. The molecule has 204 valence electrons. The van der Waals surface area contributed by atoms with Crippen LogP contribution in [0.1, 0.15) is 86.5 Å². The Bertz CT molecular complexity index is 886. The van der Waals surface area contributed by atoms with Crippen LogP contribution in [-0.2, 0) is 14.3 Å². The lowest BCUT2D eigenvalue weighted by Gasteiger charge is -2.63. The van der Waals surface area contributed by atoms with Crippen LogP contribution in [0.15, 0.2) is 11.6 Å². The number of ether oxygens (including phenoxy) is 1. The van der Waals surface area contributed by atoms with Crippen molar-refractivity contribution in [2.45, 2.75) is 111 Å². The molecule has 4 fully saturated rings. The molecule has 0 bridgehead atoms. The van der Waals surface area contributed by atoms with Crippen molar-refractivity contribution < 1.29 is 19.4 Å². The molecule has 6 heteroatoms. The molecular formula is C30H50N2O4. The Kier molecular flexibility index (Phi) is 7.72. The molecule has 0 radical (unpaired) electrons. The molecule has 4 aliphatic rings. The van der Waals surface area contributed by atoms with E-state index < -0.39 is 18.2 Å². The van der Waals surface area contributed by atoms with Gasteiger partial charge in [0.05, 0.1) is 12.1 Å². The van der Waals surface area contributed by atoms with E-state index in [9.17, 15) is 14.7 Å². The first-order valence-corrected chi connectivity index (χ1v) is 14.3. The minimum Gasteiger partial charge on any atom is -0.460 e. The molecule has 0 aromatic rings. The number of carbonyl (C=O) groups excluding carboxylic acids is 2. The number of fused-ring (bicyclic) bond motifs is 5. The summed E-state index contributed by atoms with van der Waals surface area (Å²) in [5.74, 6) is 2.23. The molecule has 6 nitrogen and oxygen atoms in total. The fourth-order valence-electron chi connectivity index (χ4n) is 9.49. The van der Waals surface area contributed by atoms with Crippen LogP contribution in [0, 0.1) is 40.4 Å². The number of allylic oxidation sites excluding steroid dienone is 1. The first kappa shape index (κ1) is 27.6. The maximum Gasteiger partial charge on any atom is 0.302 e. The van der Waals surface area contributed by atoms with Gasteiger partial charge in [0.25, 0.3) is 0 Å². The standard InChI is InChI=1S/C30H50N2O4/c1-9-17(2)28(35)31-26-25(34)16-30(6)23-14-15-29(5)21(18(3)32(7)8)12-13-22(29)20(23)10-11-24(30)27(26)36-19(4)33/h9,18,20-27,34H,10-16H2,1-8H3,(H,31,35)/b17-9+/t18-,20+,21+,22+,23-,24-,25+,26-,27+,29+,30+/m0/s1.